The number of rotatable bonds is 4. The van der Waals surface area contributed by atoms with Crippen LogP contribution in [0.1, 0.15) is 0 Å². The maximum atomic E-state index is 6.43. The molecular formula is C46H28O2. The molecule has 2 aromatic heterocycles. The van der Waals surface area contributed by atoms with Crippen LogP contribution in [0.15, 0.2) is 179 Å². The SMILES string of the molecule is c1ccc(-c2cc3c(ccc4oc5ccc(-c6c7ccccc7c(-c7ccccc7-c7ccccc7)c7ccccc67)cc5c43)o2)cc1. The van der Waals surface area contributed by atoms with Crippen LogP contribution in [-0.4, -0.2) is 0 Å². The zero-order valence-corrected chi connectivity index (χ0v) is 26.0. The molecule has 8 aromatic carbocycles. The van der Waals surface area contributed by atoms with Gasteiger partial charge in [-0.3, -0.25) is 0 Å². The summed E-state index contributed by atoms with van der Waals surface area (Å²) in [7, 11) is 0. The molecule has 0 spiro atoms. The summed E-state index contributed by atoms with van der Waals surface area (Å²) in [6.45, 7) is 0. The Morgan fingerprint density at radius 3 is 1.48 bits per heavy atom. The van der Waals surface area contributed by atoms with Gasteiger partial charge in [0.05, 0.1) is 0 Å². The first-order valence-corrected chi connectivity index (χ1v) is 16.3. The summed E-state index contributed by atoms with van der Waals surface area (Å²) in [4.78, 5) is 0. The fourth-order valence-electron chi connectivity index (χ4n) is 7.59. The molecule has 0 atom stereocenters. The summed E-state index contributed by atoms with van der Waals surface area (Å²) in [5, 5.41) is 8.14. The van der Waals surface area contributed by atoms with Crippen LogP contribution < -0.4 is 0 Å². The van der Waals surface area contributed by atoms with E-state index in [1.54, 1.807) is 0 Å². The first kappa shape index (κ1) is 26.8. The van der Waals surface area contributed by atoms with Crippen LogP contribution in [0, 0.1) is 0 Å². The molecule has 0 aliphatic carbocycles. The Labute approximate surface area is 277 Å². The minimum absolute atomic E-state index is 0.854. The highest BCUT2D eigenvalue weighted by Crippen LogP contribution is 2.47. The van der Waals surface area contributed by atoms with Gasteiger partial charge in [0.25, 0.3) is 0 Å². The average Bonchev–Trinajstić information content (AvgIpc) is 3.76. The van der Waals surface area contributed by atoms with Crippen molar-refractivity contribution in [2.75, 3.05) is 0 Å². The molecule has 0 aliphatic heterocycles. The standard InChI is InChI=1S/C46H28O2/c1-3-13-29(14-4-1)32-17-7-8-18-33(32)45-36-21-11-9-19-34(36)44(35-20-10-12-22-37(35)45)31-23-24-40-38(27-31)46-39-28-43(30-15-5-2-6-16-30)48-41(39)25-26-42(46)47-40/h1-28H. The van der Waals surface area contributed by atoms with Crippen LogP contribution in [0.5, 0.6) is 0 Å². The van der Waals surface area contributed by atoms with Gasteiger partial charge in [-0.1, -0.05) is 140 Å². The second-order valence-electron chi connectivity index (χ2n) is 12.4. The Bertz CT molecular complexity index is 2760. The highest BCUT2D eigenvalue weighted by molar-refractivity contribution is 6.24. The second-order valence-corrected chi connectivity index (χ2v) is 12.4. The van der Waals surface area contributed by atoms with Crippen molar-refractivity contribution in [2.24, 2.45) is 0 Å². The third-order valence-electron chi connectivity index (χ3n) is 9.69. The lowest BCUT2D eigenvalue weighted by Gasteiger charge is -2.19. The van der Waals surface area contributed by atoms with Gasteiger partial charge in [0, 0.05) is 21.7 Å². The van der Waals surface area contributed by atoms with Crippen molar-refractivity contribution in [3.8, 4) is 44.7 Å². The smallest absolute Gasteiger partial charge is 0.136 e. The van der Waals surface area contributed by atoms with E-state index < -0.39 is 0 Å². The van der Waals surface area contributed by atoms with Crippen molar-refractivity contribution in [2.45, 2.75) is 0 Å². The van der Waals surface area contributed by atoms with E-state index in [0.717, 1.165) is 49.8 Å². The van der Waals surface area contributed by atoms with E-state index in [2.05, 4.69) is 140 Å². The van der Waals surface area contributed by atoms with Gasteiger partial charge in [-0.2, -0.15) is 0 Å². The fraction of sp³-hybridized carbons (Fsp3) is 0. The Kier molecular flexibility index (Phi) is 5.91. The molecule has 2 heterocycles. The minimum atomic E-state index is 0.854. The van der Waals surface area contributed by atoms with Gasteiger partial charge < -0.3 is 8.83 Å². The molecule has 0 N–H and O–H groups in total. The second kappa shape index (κ2) is 10.6. The Hall–Kier alpha value is -6.38. The molecule has 0 radical (unpaired) electrons. The maximum Gasteiger partial charge on any atom is 0.136 e. The normalized spacial score (nSPS) is 11.8. The highest BCUT2D eigenvalue weighted by atomic mass is 16.3. The fourth-order valence-corrected chi connectivity index (χ4v) is 7.59. The van der Waals surface area contributed by atoms with Crippen molar-refractivity contribution in [3.05, 3.63) is 170 Å². The van der Waals surface area contributed by atoms with Crippen molar-refractivity contribution < 1.29 is 8.83 Å². The maximum absolute atomic E-state index is 6.43. The molecule has 10 rings (SSSR count). The first-order valence-electron chi connectivity index (χ1n) is 16.3. The Balaban J connectivity index is 1.25. The summed E-state index contributed by atoms with van der Waals surface area (Å²) in [5.74, 6) is 0.854. The molecule has 48 heavy (non-hydrogen) atoms. The molecule has 2 heteroatoms. The highest BCUT2D eigenvalue weighted by Gasteiger charge is 2.20. The van der Waals surface area contributed by atoms with E-state index in [0.29, 0.717) is 0 Å². The molecule has 10 aromatic rings. The van der Waals surface area contributed by atoms with E-state index >= 15 is 0 Å². The van der Waals surface area contributed by atoms with Gasteiger partial charge in [-0.25, -0.2) is 0 Å². The van der Waals surface area contributed by atoms with Crippen LogP contribution >= 0.6 is 0 Å². The topological polar surface area (TPSA) is 26.3 Å². The van der Waals surface area contributed by atoms with Crippen LogP contribution in [-0.2, 0) is 0 Å². The zero-order chi connectivity index (χ0) is 31.6. The van der Waals surface area contributed by atoms with Gasteiger partial charge in [0.1, 0.15) is 22.5 Å². The van der Waals surface area contributed by atoms with Crippen LogP contribution in [0.2, 0.25) is 0 Å². The molecule has 0 unspecified atom stereocenters. The summed E-state index contributed by atoms with van der Waals surface area (Å²) >= 11 is 0. The van der Waals surface area contributed by atoms with Gasteiger partial charge in [0.15, 0.2) is 0 Å². The zero-order valence-electron chi connectivity index (χ0n) is 26.0. The van der Waals surface area contributed by atoms with Crippen molar-refractivity contribution in [3.63, 3.8) is 0 Å². The van der Waals surface area contributed by atoms with E-state index in [4.69, 9.17) is 8.83 Å². The number of benzene rings is 8. The summed E-state index contributed by atoms with van der Waals surface area (Å²) in [6.07, 6.45) is 0. The van der Waals surface area contributed by atoms with E-state index in [9.17, 15) is 0 Å². The van der Waals surface area contributed by atoms with Crippen LogP contribution in [0.3, 0.4) is 0 Å². The molecule has 224 valence electrons. The first-order chi connectivity index (χ1) is 23.8. The van der Waals surface area contributed by atoms with Gasteiger partial charge in [-0.05, 0) is 85.3 Å². The molecule has 0 amide bonds. The molecule has 2 nitrogen and oxygen atoms in total. The largest absolute Gasteiger partial charge is 0.456 e. The minimum Gasteiger partial charge on any atom is -0.456 e. The van der Waals surface area contributed by atoms with Gasteiger partial charge >= 0.3 is 0 Å². The number of hydrogen-bond donors (Lipinski definition) is 0. The molecule has 0 saturated heterocycles. The third-order valence-corrected chi connectivity index (χ3v) is 9.69. The van der Waals surface area contributed by atoms with E-state index in [1.807, 2.05) is 30.3 Å². The number of hydrogen-bond acceptors (Lipinski definition) is 2. The van der Waals surface area contributed by atoms with E-state index in [1.165, 1.54) is 49.4 Å². The summed E-state index contributed by atoms with van der Waals surface area (Å²) < 4.78 is 12.8. The predicted molar refractivity (Wildman–Crippen MR) is 200 cm³/mol. The predicted octanol–water partition coefficient (Wildman–Crippen LogP) is 13.3. The van der Waals surface area contributed by atoms with Gasteiger partial charge in [-0.15, -0.1) is 0 Å². The summed E-state index contributed by atoms with van der Waals surface area (Å²) in [5.41, 5.74) is 10.9. The lowest BCUT2D eigenvalue weighted by molar-refractivity contribution is 0.631. The lowest BCUT2D eigenvalue weighted by atomic mass is 9.83. The van der Waals surface area contributed by atoms with Gasteiger partial charge in [0.2, 0.25) is 0 Å². The average molecular weight is 613 g/mol. The Morgan fingerprint density at radius 2 is 0.792 bits per heavy atom. The molecule has 0 saturated carbocycles. The molecule has 0 bridgehead atoms. The van der Waals surface area contributed by atoms with Crippen LogP contribution in [0.4, 0.5) is 0 Å². The van der Waals surface area contributed by atoms with Crippen molar-refractivity contribution in [1.82, 2.24) is 0 Å². The van der Waals surface area contributed by atoms with Crippen molar-refractivity contribution in [1.29, 1.82) is 0 Å². The van der Waals surface area contributed by atoms with Crippen molar-refractivity contribution >= 4 is 54.5 Å². The number of furan rings is 2. The Morgan fingerprint density at radius 1 is 0.292 bits per heavy atom. The van der Waals surface area contributed by atoms with Crippen LogP contribution in [0.25, 0.3) is 99.2 Å². The lowest BCUT2D eigenvalue weighted by Crippen LogP contribution is -1.92. The van der Waals surface area contributed by atoms with E-state index in [-0.39, 0.29) is 0 Å². The monoisotopic (exact) mass is 612 g/mol. The molecule has 0 aliphatic rings. The molecule has 0 fully saturated rings. The quantitative estimate of drug-likeness (QED) is 0.185. The number of fused-ring (bicyclic) bond motifs is 7. The summed E-state index contributed by atoms with van der Waals surface area (Å²) in [6, 6.07) is 60.3. The molecular weight excluding hydrogens is 585 g/mol. The third kappa shape index (κ3) is 4.06.